The quantitative estimate of drug-likeness (QED) is 0.481. The number of ether oxygens (including phenoxy) is 4. The Bertz CT molecular complexity index is 1070. The maximum Gasteiger partial charge on any atom is 0.184 e. The van der Waals surface area contributed by atoms with E-state index in [2.05, 4.69) is 16.9 Å². The fraction of sp³-hybridized carbons (Fsp3) is 0.360. The summed E-state index contributed by atoms with van der Waals surface area (Å²) in [7, 11) is 1.71. The molecule has 1 aromatic carbocycles. The second-order valence-electron chi connectivity index (χ2n) is 8.13. The minimum Gasteiger partial charge on any atom is -0.377 e. The molecule has 4 unspecified atom stereocenters. The van der Waals surface area contributed by atoms with Gasteiger partial charge in [0, 0.05) is 47.6 Å². The van der Waals surface area contributed by atoms with Crippen molar-refractivity contribution in [1.82, 2.24) is 9.97 Å². The van der Waals surface area contributed by atoms with Gasteiger partial charge in [-0.2, -0.15) is 0 Å². The van der Waals surface area contributed by atoms with Crippen molar-refractivity contribution >= 4 is 23.4 Å². The number of rotatable bonds is 5. The Morgan fingerprint density at radius 2 is 1.88 bits per heavy atom. The first-order valence-corrected chi connectivity index (χ1v) is 12.1. The van der Waals surface area contributed by atoms with Crippen molar-refractivity contribution in [1.29, 1.82) is 0 Å². The average Bonchev–Trinajstić information content (AvgIpc) is 2.85. The highest BCUT2D eigenvalue weighted by Crippen LogP contribution is 2.44. The summed E-state index contributed by atoms with van der Waals surface area (Å²) in [6, 6.07) is 15.8. The van der Waals surface area contributed by atoms with Crippen LogP contribution in [0, 0.1) is 5.92 Å². The first kappa shape index (κ1) is 22.8. The van der Waals surface area contributed by atoms with E-state index in [1.54, 1.807) is 37.5 Å². The van der Waals surface area contributed by atoms with Crippen molar-refractivity contribution in [3.63, 3.8) is 0 Å². The minimum atomic E-state index is -0.407. The molecule has 4 heterocycles. The van der Waals surface area contributed by atoms with Crippen LogP contribution >= 0.6 is 23.4 Å². The van der Waals surface area contributed by atoms with E-state index in [1.807, 2.05) is 48.5 Å². The third-order valence-electron chi connectivity index (χ3n) is 6.03. The first-order valence-electron chi connectivity index (χ1n) is 10.9. The predicted octanol–water partition coefficient (Wildman–Crippen LogP) is 5.38. The Morgan fingerprint density at radius 3 is 2.64 bits per heavy atom. The lowest BCUT2D eigenvalue weighted by molar-refractivity contribution is -0.309. The largest absolute Gasteiger partial charge is 0.377 e. The molecule has 0 aliphatic carbocycles. The number of halogens is 1. The Hall–Kier alpha value is -2.00. The van der Waals surface area contributed by atoms with E-state index in [0.717, 1.165) is 21.7 Å². The van der Waals surface area contributed by atoms with E-state index in [4.69, 9.17) is 30.5 Å². The van der Waals surface area contributed by atoms with Crippen LogP contribution in [-0.4, -0.2) is 47.4 Å². The lowest BCUT2D eigenvalue weighted by atomic mass is 9.90. The number of hydrogen-bond donors (Lipinski definition) is 0. The first-order chi connectivity index (χ1) is 16.1. The van der Waals surface area contributed by atoms with Gasteiger partial charge < -0.3 is 18.9 Å². The van der Waals surface area contributed by atoms with Crippen molar-refractivity contribution in [3.05, 3.63) is 77.7 Å². The average molecular weight is 485 g/mol. The van der Waals surface area contributed by atoms with Gasteiger partial charge in [0.2, 0.25) is 0 Å². The van der Waals surface area contributed by atoms with Crippen LogP contribution < -0.4 is 0 Å². The van der Waals surface area contributed by atoms with Gasteiger partial charge in [-0.3, -0.25) is 9.97 Å². The highest BCUT2D eigenvalue weighted by Gasteiger charge is 2.48. The van der Waals surface area contributed by atoms with E-state index < -0.39 is 6.29 Å². The summed E-state index contributed by atoms with van der Waals surface area (Å²) in [6.07, 6.45) is 4.24. The van der Waals surface area contributed by atoms with Crippen molar-refractivity contribution in [2.75, 3.05) is 13.7 Å². The Labute approximate surface area is 202 Å². The smallest absolute Gasteiger partial charge is 0.184 e. The third-order valence-corrected chi connectivity index (χ3v) is 7.42. The van der Waals surface area contributed by atoms with Gasteiger partial charge >= 0.3 is 0 Å². The normalized spacial score (nSPS) is 29.4. The monoisotopic (exact) mass is 484 g/mol. The molecule has 0 bridgehead atoms. The molecule has 0 amide bonds. The van der Waals surface area contributed by atoms with E-state index in [-0.39, 0.29) is 29.7 Å². The summed E-state index contributed by atoms with van der Waals surface area (Å²) in [5.74, 6) is 0.0953. The predicted molar refractivity (Wildman–Crippen MR) is 127 cm³/mol. The number of pyridine rings is 2. The van der Waals surface area contributed by atoms with Crippen LogP contribution in [0.15, 0.2) is 72.0 Å². The van der Waals surface area contributed by atoms with Gasteiger partial charge in [-0.1, -0.05) is 60.6 Å². The third kappa shape index (κ3) is 4.80. The topological polar surface area (TPSA) is 62.7 Å². The molecule has 0 saturated carbocycles. The number of hydrogen-bond acceptors (Lipinski definition) is 7. The molecule has 2 aliphatic rings. The van der Waals surface area contributed by atoms with Crippen molar-refractivity contribution in [2.24, 2.45) is 5.92 Å². The summed E-state index contributed by atoms with van der Waals surface area (Å²) in [5, 5.41) is 0.570. The number of thioether (sulfide) groups is 1. The zero-order valence-electron chi connectivity index (χ0n) is 18.3. The van der Waals surface area contributed by atoms with Crippen LogP contribution in [0.25, 0.3) is 11.3 Å². The standard InChI is InChI=1S/C25H25ClN2O4S/c1-15-22-19(14-30-24(32-22)17-6-4-3-5-7-17)31-25(23(15)29-2)33-20-12-18(26)13-28-21(20)16-8-10-27-11-9-16/h3-13,15,19,22-25H,14H2,1-2H3/t15?,19?,22-,23?,24?,25-/m1/s1. The van der Waals surface area contributed by atoms with Crippen molar-refractivity contribution < 1.29 is 18.9 Å². The fourth-order valence-corrected chi connectivity index (χ4v) is 6.02. The molecule has 33 heavy (non-hydrogen) atoms. The lowest BCUT2D eigenvalue weighted by Crippen LogP contribution is -2.57. The molecule has 2 fully saturated rings. The number of nitrogens with zero attached hydrogens (tertiary/aromatic N) is 2. The number of benzene rings is 1. The maximum absolute atomic E-state index is 6.49. The molecular formula is C25H25ClN2O4S. The van der Waals surface area contributed by atoms with Crippen LogP contribution in [0.4, 0.5) is 0 Å². The van der Waals surface area contributed by atoms with Crippen LogP contribution in [0.3, 0.4) is 0 Å². The molecule has 8 heteroatoms. The molecule has 5 rings (SSSR count). The zero-order chi connectivity index (χ0) is 22.8. The van der Waals surface area contributed by atoms with Gasteiger partial charge in [-0.15, -0.1) is 0 Å². The number of fused-ring (bicyclic) bond motifs is 1. The summed E-state index contributed by atoms with van der Waals surface area (Å²) in [4.78, 5) is 9.61. The Balaban J connectivity index is 1.38. The van der Waals surface area contributed by atoms with Crippen LogP contribution in [0.1, 0.15) is 18.8 Å². The van der Waals surface area contributed by atoms with Gasteiger partial charge in [0.05, 0.1) is 29.5 Å². The van der Waals surface area contributed by atoms with E-state index in [9.17, 15) is 0 Å². The summed E-state index contributed by atoms with van der Waals surface area (Å²) in [6.45, 7) is 2.60. The van der Waals surface area contributed by atoms with Gasteiger partial charge in [-0.05, 0) is 18.2 Å². The molecular weight excluding hydrogens is 460 g/mol. The van der Waals surface area contributed by atoms with Crippen LogP contribution in [0.2, 0.25) is 5.02 Å². The second-order valence-corrected chi connectivity index (χ2v) is 9.71. The molecule has 0 radical (unpaired) electrons. The molecule has 2 saturated heterocycles. The number of aromatic nitrogens is 2. The number of methoxy groups -OCH3 is 1. The summed E-state index contributed by atoms with van der Waals surface area (Å²) < 4.78 is 24.8. The zero-order valence-corrected chi connectivity index (χ0v) is 19.9. The molecule has 3 aromatic rings. The highest BCUT2D eigenvalue weighted by atomic mass is 35.5. The summed E-state index contributed by atoms with van der Waals surface area (Å²) >= 11 is 7.87. The summed E-state index contributed by atoms with van der Waals surface area (Å²) in [5.41, 5.74) is 2.53. The van der Waals surface area contributed by atoms with E-state index in [1.165, 1.54) is 0 Å². The van der Waals surface area contributed by atoms with E-state index in [0.29, 0.717) is 11.6 Å². The Morgan fingerprint density at radius 1 is 1.09 bits per heavy atom. The minimum absolute atomic E-state index is 0.0953. The molecule has 2 aromatic heterocycles. The highest BCUT2D eigenvalue weighted by molar-refractivity contribution is 8.00. The van der Waals surface area contributed by atoms with Crippen LogP contribution in [0.5, 0.6) is 0 Å². The molecule has 6 atom stereocenters. The molecule has 0 N–H and O–H groups in total. The molecule has 0 spiro atoms. The SMILES string of the molecule is COC1C(C)[C@H]2OC(c3ccccc3)OCC2O[C@@H]1Sc1cc(Cl)cnc1-c1ccncc1. The molecule has 2 aliphatic heterocycles. The Kier molecular flexibility index (Phi) is 6.97. The van der Waals surface area contributed by atoms with Gasteiger partial charge in [-0.25, -0.2) is 0 Å². The maximum atomic E-state index is 6.49. The van der Waals surface area contributed by atoms with Crippen molar-refractivity contribution in [3.8, 4) is 11.3 Å². The molecule has 172 valence electrons. The van der Waals surface area contributed by atoms with Crippen molar-refractivity contribution in [2.45, 2.75) is 41.9 Å². The lowest BCUT2D eigenvalue weighted by Gasteiger charge is -2.48. The van der Waals surface area contributed by atoms with Crippen LogP contribution in [-0.2, 0) is 18.9 Å². The van der Waals surface area contributed by atoms with E-state index >= 15 is 0 Å². The second kappa shape index (κ2) is 10.1. The van der Waals surface area contributed by atoms with Gasteiger partial charge in [0.1, 0.15) is 11.5 Å². The van der Waals surface area contributed by atoms with Gasteiger partial charge in [0.25, 0.3) is 0 Å². The van der Waals surface area contributed by atoms with Gasteiger partial charge in [0.15, 0.2) is 6.29 Å². The molecule has 6 nitrogen and oxygen atoms in total. The fourth-order valence-electron chi connectivity index (χ4n) is 4.38.